The number of halogens is 2. The van der Waals surface area contributed by atoms with E-state index < -0.39 is 0 Å². The van der Waals surface area contributed by atoms with Crippen LogP contribution < -0.4 is 0 Å². The molecular weight excluding hydrogens is 159 g/mol. The summed E-state index contributed by atoms with van der Waals surface area (Å²) in [5, 5.41) is 6.64. The third-order valence-electron chi connectivity index (χ3n) is 0.921. The van der Waals surface area contributed by atoms with E-state index in [1.807, 2.05) is 12.3 Å². The lowest BCUT2D eigenvalue weighted by Crippen LogP contribution is -1.75. The van der Waals surface area contributed by atoms with E-state index in [4.69, 9.17) is 0 Å². The molecule has 0 aliphatic heterocycles. The second kappa shape index (κ2) is 5.92. The Labute approximate surface area is 66.9 Å². The van der Waals surface area contributed by atoms with Gasteiger partial charge in [0.25, 0.3) is 0 Å². The molecule has 0 unspecified atom stereocenters. The fourth-order valence-corrected chi connectivity index (χ4v) is 0.488. The van der Waals surface area contributed by atoms with Gasteiger partial charge in [-0.15, -0.1) is 24.8 Å². The van der Waals surface area contributed by atoms with Gasteiger partial charge in [0.05, 0.1) is 5.69 Å². The van der Waals surface area contributed by atoms with Crippen LogP contribution in [0.1, 0.15) is 12.6 Å². The first-order chi connectivity index (χ1) is 3.43. The fourth-order valence-electron chi connectivity index (χ4n) is 0.488. The van der Waals surface area contributed by atoms with Gasteiger partial charge in [0.1, 0.15) is 0 Å². The molecule has 1 rings (SSSR count). The average Bonchev–Trinajstić information content (AvgIpc) is 2.14. The van der Waals surface area contributed by atoms with Crippen molar-refractivity contribution >= 4 is 24.8 Å². The van der Waals surface area contributed by atoms with E-state index in [1.54, 1.807) is 0 Å². The number of nitrogens with one attached hydrogen (secondary N) is 1. The molecule has 4 heteroatoms. The first-order valence-electron chi connectivity index (χ1n) is 2.42. The molecule has 1 aromatic rings. The molecule has 0 fully saturated rings. The first-order valence-corrected chi connectivity index (χ1v) is 2.42. The van der Waals surface area contributed by atoms with Crippen LogP contribution in [0.15, 0.2) is 12.3 Å². The Hall–Kier alpha value is -0.210. The van der Waals surface area contributed by atoms with Crippen molar-refractivity contribution in [2.45, 2.75) is 13.3 Å². The molecule has 0 amide bonds. The Kier molecular flexibility index (Phi) is 7.61. The highest BCUT2D eigenvalue weighted by Crippen LogP contribution is 1.88. The number of hydrogen-bond acceptors (Lipinski definition) is 1. The minimum Gasteiger partial charge on any atom is -0.285 e. The molecular formula is C5H10Cl2N2. The number of H-pyrrole nitrogens is 1. The highest BCUT2D eigenvalue weighted by molar-refractivity contribution is 5.85. The smallest absolute Gasteiger partial charge is 0.0619 e. The van der Waals surface area contributed by atoms with Crippen molar-refractivity contribution in [3.05, 3.63) is 18.0 Å². The van der Waals surface area contributed by atoms with Crippen molar-refractivity contribution in [3.8, 4) is 0 Å². The van der Waals surface area contributed by atoms with E-state index in [1.165, 1.54) is 0 Å². The Morgan fingerprint density at radius 3 is 2.44 bits per heavy atom. The molecule has 0 atom stereocenters. The predicted molar refractivity (Wildman–Crippen MR) is 42.5 cm³/mol. The molecule has 1 N–H and O–H groups in total. The van der Waals surface area contributed by atoms with Gasteiger partial charge in [-0.1, -0.05) is 6.92 Å². The van der Waals surface area contributed by atoms with E-state index in [0.29, 0.717) is 0 Å². The highest BCUT2D eigenvalue weighted by Gasteiger charge is 1.83. The Morgan fingerprint density at radius 2 is 2.22 bits per heavy atom. The number of aromatic nitrogens is 2. The van der Waals surface area contributed by atoms with E-state index in [-0.39, 0.29) is 24.8 Å². The molecule has 1 heterocycles. The third-order valence-corrected chi connectivity index (χ3v) is 0.921. The van der Waals surface area contributed by atoms with Crippen LogP contribution in [-0.2, 0) is 6.42 Å². The molecule has 54 valence electrons. The number of aryl methyl sites for hydroxylation is 1. The van der Waals surface area contributed by atoms with Gasteiger partial charge in [-0.25, -0.2) is 0 Å². The van der Waals surface area contributed by atoms with Crippen molar-refractivity contribution in [1.82, 2.24) is 10.2 Å². The Balaban J connectivity index is 0. The summed E-state index contributed by atoms with van der Waals surface area (Å²) in [6.45, 7) is 2.08. The lowest BCUT2D eigenvalue weighted by molar-refractivity contribution is 0.975. The van der Waals surface area contributed by atoms with Gasteiger partial charge in [-0.05, 0) is 12.5 Å². The second-order valence-corrected chi connectivity index (χ2v) is 1.42. The van der Waals surface area contributed by atoms with Crippen molar-refractivity contribution in [3.63, 3.8) is 0 Å². The summed E-state index contributed by atoms with van der Waals surface area (Å²) in [5.74, 6) is 0. The number of aromatic amines is 1. The van der Waals surface area contributed by atoms with E-state index >= 15 is 0 Å². The molecule has 0 saturated heterocycles. The summed E-state index contributed by atoms with van der Waals surface area (Å²) in [7, 11) is 0. The van der Waals surface area contributed by atoms with Crippen LogP contribution in [-0.4, -0.2) is 10.2 Å². The number of rotatable bonds is 1. The zero-order valence-corrected chi connectivity index (χ0v) is 6.76. The van der Waals surface area contributed by atoms with Crippen molar-refractivity contribution in [2.75, 3.05) is 0 Å². The average molecular weight is 169 g/mol. The van der Waals surface area contributed by atoms with Gasteiger partial charge in [0.2, 0.25) is 0 Å². The third kappa shape index (κ3) is 3.38. The van der Waals surface area contributed by atoms with Crippen LogP contribution in [0.4, 0.5) is 0 Å². The van der Waals surface area contributed by atoms with Gasteiger partial charge in [0.15, 0.2) is 0 Å². The fraction of sp³-hybridized carbons (Fsp3) is 0.400. The lowest BCUT2D eigenvalue weighted by Gasteiger charge is -1.77. The summed E-state index contributed by atoms with van der Waals surface area (Å²) in [4.78, 5) is 0. The van der Waals surface area contributed by atoms with Crippen LogP contribution >= 0.6 is 24.8 Å². The quantitative estimate of drug-likeness (QED) is 0.682. The van der Waals surface area contributed by atoms with Crippen LogP contribution in [0.3, 0.4) is 0 Å². The monoisotopic (exact) mass is 168 g/mol. The van der Waals surface area contributed by atoms with Crippen molar-refractivity contribution in [2.24, 2.45) is 0 Å². The van der Waals surface area contributed by atoms with Crippen LogP contribution in [0.5, 0.6) is 0 Å². The van der Waals surface area contributed by atoms with Gasteiger partial charge < -0.3 is 0 Å². The first kappa shape index (κ1) is 11.6. The molecule has 0 saturated carbocycles. The maximum Gasteiger partial charge on any atom is 0.0619 e. The Morgan fingerprint density at radius 1 is 1.56 bits per heavy atom. The van der Waals surface area contributed by atoms with Gasteiger partial charge in [-0.2, -0.15) is 5.10 Å². The van der Waals surface area contributed by atoms with E-state index in [9.17, 15) is 0 Å². The summed E-state index contributed by atoms with van der Waals surface area (Å²) in [6, 6.07) is 1.97. The molecule has 9 heavy (non-hydrogen) atoms. The zero-order chi connectivity index (χ0) is 5.11. The second-order valence-electron chi connectivity index (χ2n) is 1.42. The van der Waals surface area contributed by atoms with E-state index in [0.717, 1.165) is 12.1 Å². The van der Waals surface area contributed by atoms with Crippen molar-refractivity contribution < 1.29 is 0 Å². The molecule has 2 nitrogen and oxygen atoms in total. The molecule has 0 aliphatic carbocycles. The Bertz CT molecular complexity index is 128. The maximum absolute atomic E-state index is 3.91. The molecule has 0 radical (unpaired) electrons. The van der Waals surface area contributed by atoms with Crippen LogP contribution in [0.2, 0.25) is 0 Å². The minimum absolute atomic E-state index is 0. The summed E-state index contributed by atoms with van der Waals surface area (Å²) < 4.78 is 0. The van der Waals surface area contributed by atoms with Crippen LogP contribution in [0.25, 0.3) is 0 Å². The zero-order valence-electron chi connectivity index (χ0n) is 5.13. The summed E-state index contributed by atoms with van der Waals surface area (Å²) in [6.07, 6.45) is 2.85. The van der Waals surface area contributed by atoms with Crippen molar-refractivity contribution in [1.29, 1.82) is 0 Å². The van der Waals surface area contributed by atoms with Gasteiger partial charge in [-0.3, -0.25) is 5.10 Å². The molecule has 1 aromatic heterocycles. The topological polar surface area (TPSA) is 28.7 Å². The molecule has 0 aliphatic rings. The molecule has 0 bridgehead atoms. The summed E-state index contributed by atoms with van der Waals surface area (Å²) in [5.41, 5.74) is 1.12. The minimum atomic E-state index is 0. The number of hydrogen-bond donors (Lipinski definition) is 1. The highest BCUT2D eigenvalue weighted by atomic mass is 35.5. The maximum atomic E-state index is 3.91. The lowest BCUT2D eigenvalue weighted by atomic mass is 10.4. The number of nitrogens with zero attached hydrogens (tertiary/aromatic N) is 1. The van der Waals surface area contributed by atoms with Gasteiger partial charge >= 0.3 is 0 Å². The van der Waals surface area contributed by atoms with Gasteiger partial charge in [0, 0.05) is 6.20 Å². The van der Waals surface area contributed by atoms with E-state index in [2.05, 4.69) is 17.1 Å². The largest absolute Gasteiger partial charge is 0.285 e. The van der Waals surface area contributed by atoms with Crippen LogP contribution in [0, 0.1) is 0 Å². The predicted octanol–water partition coefficient (Wildman–Crippen LogP) is 1.82. The molecule has 0 spiro atoms. The normalized spacial score (nSPS) is 7.22. The SMILES string of the molecule is CCc1cc[nH]n1.Cl.Cl. The molecule has 0 aromatic carbocycles. The summed E-state index contributed by atoms with van der Waals surface area (Å²) >= 11 is 0. The standard InChI is InChI=1S/C5H8N2.2ClH/c1-2-5-3-4-6-7-5;;/h3-4H,2H2,1H3,(H,6,7);2*1H.